The number of nitrogens with zero attached hydrogens (tertiary/aromatic N) is 2. The second-order valence-corrected chi connectivity index (χ2v) is 7.65. The van der Waals surface area contributed by atoms with E-state index < -0.39 is 5.97 Å². The van der Waals surface area contributed by atoms with Crippen LogP contribution in [0, 0.1) is 12.8 Å². The van der Waals surface area contributed by atoms with E-state index in [0.29, 0.717) is 6.42 Å². The van der Waals surface area contributed by atoms with Gasteiger partial charge in [-0.15, -0.1) is 11.3 Å². The monoisotopic (exact) mass is 377 g/mol. The van der Waals surface area contributed by atoms with E-state index in [1.807, 2.05) is 6.92 Å². The van der Waals surface area contributed by atoms with Gasteiger partial charge in [0.1, 0.15) is 5.01 Å². The average molecular weight is 377 g/mol. The van der Waals surface area contributed by atoms with Gasteiger partial charge in [-0.1, -0.05) is 0 Å². The van der Waals surface area contributed by atoms with E-state index in [1.165, 1.54) is 34.2 Å². The van der Waals surface area contributed by atoms with E-state index in [4.69, 9.17) is 0 Å². The quantitative estimate of drug-likeness (QED) is 0.704. The van der Waals surface area contributed by atoms with Crippen LogP contribution in [0.15, 0.2) is 23.1 Å². The lowest BCUT2D eigenvalue weighted by Crippen LogP contribution is -2.36. The van der Waals surface area contributed by atoms with Crippen LogP contribution in [-0.4, -0.2) is 45.4 Å². The summed E-state index contributed by atoms with van der Waals surface area (Å²) < 4.78 is 1.53. The van der Waals surface area contributed by atoms with Crippen LogP contribution in [0.2, 0.25) is 0 Å². The zero-order valence-corrected chi connectivity index (χ0v) is 15.5. The molecule has 0 unspecified atom stereocenters. The Labute approximate surface area is 155 Å². The van der Waals surface area contributed by atoms with Crippen LogP contribution in [0.5, 0.6) is 0 Å². The fourth-order valence-electron chi connectivity index (χ4n) is 3.47. The summed E-state index contributed by atoms with van der Waals surface area (Å²) >= 11 is 1.50. The summed E-state index contributed by atoms with van der Waals surface area (Å²) in [6.07, 6.45) is 3.75. The number of thiazole rings is 1. The largest absolute Gasteiger partial charge is 0.478 e. The normalized spacial score (nSPS) is 16.5. The SMILES string of the molecule is Cc1nc([C@H](C2CCNCC2)n2cc(C(=O)O)ccc2=O)sc1CCO. The molecule has 26 heavy (non-hydrogen) atoms. The number of nitrogens with one attached hydrogen (secondary N) is 1. The Morgan fingerprint density at radius 3 is 2.81 bits per heavy atom. The molecule has 1 aliphatic heterocycles. The van der Waals surface area contributed by atoms with Gasteiger partial charge in [0.15, 0.2) is 0 Å². The van der Waals surface area contributed by atoms with Gasteiger partial charge in [-0.25, -0.2) is 9.78 Å². The minimum Gasteiger partial charge on any atom is -0.478 e. The van der Waals surface area contributed by atoms with Crippen LogP contribution < -0.4 is 10.9 Å². The molecular weight excluding hydrogens is 354 g/mol. The number of rotatable bonds is 6. The lowest BCUT2D eigenvalue weighted by molar-refractivity contribution is 0.0695. The van der Waals surface area contributed by atoms with Crippen molar-refractivity contribution in [2.24, 2.45) is 5.92 Å². The van der Waals surface area contributed by atoms with Gasteiger partial charge in [0.05, 0.1) is 17.3 Å². The molecule has 3 heterocycles. The van der Waals surface area contributed by atoms with Gasteiger partial charge in [-0.2, -0.15) is 0 Å². The van der Waals surface area contributed by atoms with Crippen molar-refractivity contribution in [3.63, 3.8) is 0 Å². The third-order valence-corrected chi connectivity index (χ3v) is 6.10. The van der Waals surface area contributed by atoms with Crippen molar-refractivity contribution >= 4 is 17.3 Å². The lowest BCUT2D eigenvalue weighted by atomic mass is 9.90. The molecule has 2 aromatic heterocycles. The molecule has 0 spiro atoms. The molecule has 2 aromatic rings. The predicted octanol–water partition coefficient (Wildman–Crippen LogP) is 1.44. The van der Waals surface area contributed by atoms with Gasteiger partial charge in [0.25, 0.3) is 5.56 Å². The number of carboxylic acids is 1. The van der Waals surface area contributed by atoms with Crippen LogP contribution in [0.4, 0.5) is 0 Å². The highest BCUT2D eigenvalue weighted by molar-refractivity contribution is 7.11. The Hall–Kier alpha value is -2.03. The number of carbonyl (C=O) groups is 1. The van der Waals surface area contributed by atoms with Gasteiger partial charge < -0.3 is 20.1 Å². The second-order valence-electron chi connectivity index (χ2n) is 6.53. The molecular formula is C18H23N3O4S. The molecule has 0 saturated carbocycles. The van der Waals surface area contributed by atoms with E-state index in [9.17, 15) is 19.8 Å². The molecule has 1 saturated heterocycles. The van der Waals surface area contributed by atoms with Crippen molar-refractivity contribution in [1.82, 2.24) is 14.9 Å². The summed E-state index contributed by atoms with van der Waals surface area (Å²) in [5, 5.41) is 22.7. The number of carboxylic acid groups (broad SMARTS) is 1. The first-order valence-electron chi connectivity index (χ1n) is 8.74. The van der Waals surface area contributed by atoms with Crippen molar-refractivity contribution in [3.05, 3.63) is 49.8 Å². The molecule has 0 aliphatic carbocycles. The van der Waals surface area contributed by atoms with Gasteiger partial charge in [0, 0.05) is 30.2 Å². The molecule has 3 N–H and O–H groups in total. The second kappa shape index (κ2) is 8.11. The van der Waals surface area contributed by atoms with Crippen molar-refractivity contribution < 1.29 is 15.0 Å². The molecule has 1 atom stereocenters. The number of aromatic carboxylic acids is 1. The molecule has 140 valence electrons. The Bertz CT molecular complexity index is 839. The summed E-state index contributed by atoms with van der Waals surface area (Å²) in [7, 11) is 0. The van der Waals surface area contributed by atoms with E-state index in [0.717, 1.165) is 41.5 Å². The highest BCUT2D eigenvalue weighted by atomic mass is 32.1. The molecule has 1 fully saturated rings. The van der Waals surface area contributed by atoms with Crippen LogP contribution in [0.3, 0.4) is 0 Å². The van der Waals surface area contributed by atoms with Crippen molar-refractivity contribution in [2.75, 3.05) is 19.7 Å². The maximum absolute atomic E-state index is 12.6. The molecule has 7 nitrogen and oxygen atoms in total. The van der Waals surface area contributed by atoms with Crippen molar-refractivity contribution in [2.45, 2.75) is 32.2 Å². The van der Waals surface area contributed by atoms with Gasteiger partial charge in [-0.05, 0) is 44.8 Å². The smallest absolute Gasteiger partial charge is 0.337 e. The van der Waals surface area contributed by atoms with E-state index in [-0.39, 0.29) is 29.7 Å². The summed E-state index contributed by atoms with van der Waals surface area (Å²) in [6.45, 7) is 3.68. The Morgan fingerprint density at radius 1 is 1.42 bits per heavy atom. The highest BCUT2D eigenvalue weighted by Crippen LogP contribution is 2.35. The Morgan fingerprint density at radius 2 is 2.15 bits per heavy atom. The highest BCUT2D eigenvalue weighted by Gasteiger charge is 2.30. The van der Waals surface area contributed by atoms with Crippen LogP contribution >= 0.6 is 11.3 Å². The number of aryl methyl sites for hydroxylation is 1. The fourth-order valence-corrected chi connectivity index (χ4v) is 4.71. The standard InChI is InChI=1S/C18H23N3O4S/c1-11-14(6-9-22)26-17(20-11)16(12-4-7-19-8-5-12)21-10-13(18(24)25)2-3-15(21)23/h2-3,10,12,16,19,22H,4-9H2,1H3,(H,24,25)/t16-/m0/s1. The van der Waals surface area contributed by atoms with Gasteiger partial charge in [0.2, 0.25) is 0 Å². The maximum Gasteiger partial charge on any atom is 0.337 e. The molecule has 0 bridgehead atoms. The summed E-state index contributed by atoms with van der Waals surface area (Å²) in [5.41, 5.74) is 0.725. The predicted molar refractivity (Wildman–Crippen MR) is 99.0 cm³/mol. The first kappa shape index (κ1) is 18.8. The van der Waals surface area contributed by atoms with Crippen LogP contribution in [-0.2, 0) is 6.42 Å². The Kier molecular flexibility index (Phi) is 5.85. The third-order valence-electron chi connectivity index (χ3n) is 4.82. The summed E-state index contributed by atoms with van der Waals surface area (Å²) in [4.78, 5) is 29.6. The number of pyridine rings is 1. The van der Waals surface area contributed by atoms with Gasteiger partial charge in [-0.3, -0.25) is 4.79 Å². The van der Waals surface area contributed by atoms with E-state index in [1.54, 1.807) is 0 Å². The topological polar surface area (TPSA) is 104 Å². The minimum atomic E-state index is -1.06. The molecule has 1 aliphatic rings. The molecule has 3 rings (SSSR count). The zero-order chi connectivity index (χ0) is 18.7. The van der Waals surface area contributed by atoms with Gasteiger partial charge >= 0.3 is 5.97 Å². The fraction of sp³-hybridized carbons (Fsp3) is 0.500. The number of hydrogen-bond acceptors (Lipinski definition) is 6. The first-order chi connectivity index (χ1) is 12.5. The van der Waals surface area contributed by atoms with Crippen molar-refractivity contribution in [1.29, 1.82) is 0 Å². The average Bonchev–Trinajstić information content (AvgIpc) is 2.98. The molecule has 0 amide bonds. The molecule has 0 radical (unpaired) electrons. The van der Waals surface area contributed by atoms with Crippen LogP contribution in [0.1, 0.15) is 44.8 Å². The molecule has 0 aromatic carbocycles. The first-order valence-corrected chi connectivity index (χ1v) is 9.56. The summed E-state index contributed by atoms with van der Waals surface area (Å²) in [6, 6.07) is 2.36. The summed E-state index contributed by atoms with van der Waals surface area (Å²) in [5.74, 6) is -0.857. The third kappa shape index (κ3) is 3.87. The van der Waals surface area contributed by atoms with E-state index in [2.05, 4.69) is 10.3 Å². The molecule has 8 heteroatoms. The minimum absolute atomic E-state index is 0.0505. The van der Waals surface area contributed by atoms with E-state index >= 15 is 0 Å². The zero-order valence-electron chi connectivity index (χ0n) is 14.6. The number of aromatic nitrogens is 2. The lowest BCUT2D eigenvalue weighted by Gasteiger charge is -2.31. The number of hydrogen-bond donors (Lipinski definition) is 3. The van der Waals surface area contributed by atoms with Crippen LogP contribution in [0.25, 0.3) is 0 Å². The number of aliphatic hydroxyl groups excluding tert-OH is 1. The maximum atomic E-state index is 12.6. The number of piperidine rings is 1. The Balaban J connectivity index is 2.09. The number of aliphatic hydroxyl groups is 1. The van der Waals surface area contributed by atoms with Crippen molar-refractivity contribution in [3.8, 4) is 0 Å².